The van der Waals surface area contributed by atoms with Crippen molar-refractivity contribution in [1.29, 1.82) is 0 Å². The minimum Gasteiger partial charge on any atom is -0.508 e. The van der Waals surface area contributed by atoms with Gasteiger partial charge in [0.25, 0.3) is 0 Å². The number of nitrogens with one attached hydrogen (secondary N) is 1. The van der Waals surface area contributed by atoms with Gasteiger partial charge >= 0.3 is 5.97 Å². The molecule has 3 aliphatic rings. The van der Waals surface area contributed by atoms with E-state index in [1.54, 1.807) is 24.3 Å². The van der Waals surface area contributed by atoms with Gasteiger partial charge in [0.05, 0.1) is 24.3 Å². The second-order valence-electron chi connectivity index (χ2n) is 10.1. The number of phenolic OH excluding ortho intramolecular Hbond substituents is 1. The molecule has 180 valence electrons. The molecule has 8 heteroatoms. The predicted octanol–water partition coefficient (Wildman–Crippen LogP) is 3.67. The molecular weight excluding hydrogens is 436 g/mol. The van der Waals surface area contributed by atoms with Crippen LogP contribution < -0.4 is 10.1 Å². The van der Waals surface area contributed by atoms with Crippen LogP contribution in [0.15, 0.2) is 42.5 Å². The van der Waals surface area contributed by atoms with Crippen molar-refractivity contribution in [3.05, 3.63) is 53.6 Å². The van der Waals surface area contributed by atoms with E-state index in [4.69, 9.17) is 14.6 Å². The minimum absolute atomic E-state index is 0.0723. The van der Waals surface area contributed by atoms with Crippen molar-refractivity contribution >= 4 is 17.6 Å². The molecule has 8 nitrogen and oxygen atoms in total. The van der Waals surface area contributed by atoms with Gasteiger partial charge in [0.2, 0.25) is 5.91 Å². The van der Waals surface area contributed by atoms with Crippen molar-refractivity contribution in [3.8, 4) is 11.5 Å². The van der Waals surface area contributed by atoms with E-state index in [0.717, 1.165) is 31.5 Å². The molecule has 2 aromatic rings. The first-order chi connectivity index (χ1) is 16.2. The molecule has 1 amide bonds. The summed E-state index contributed by atoms with van der Waals surface area (Å²) in [5, 5.41) is 21.9. The molecule has 0 bridgehead atoms. The van der Waals surface area contributed by atoms with Gasteiger partial charge in [-0.25, -0.2) is 4.79 Å². The van der Waals surface area contributed by atoms with Crippen LogP contribution in [-0.4, -0.2) is 58.3 Å². The highest BCUT2D eigenvalue weighted by Crippen LogP contribution is 2.53. The molecule has 2 saturated heterocycles. The lowest BCUT2D eigenvalue weighted by Gasteiger charge is -2.53. The maximum absolute atomic E-state index is 12.6. The fraction of sp³-hybridized carbons (Fsp3) is 0.462. The number of hydrogen-bond acceptors (Lipinski definition) is 6. The standard InChI is InChI=1S/C26H30N2O6/c1-26(2)20-11-16-13-28(14-23(30)27-17-5-3-4-15(10-17)25(31)32)9-8-21(16)33-24(20)19-7-6-18(29)12-22(19)34-26/h3-7,10,12,16,20-21,24,29H,8-9,11,13-14H2,1-2H3,(H,27,30)(H,31,32)/t16-,20-,21-,24+/m0/s1. The largest absolute Gasteiger partial charge is 0.508 e. The molecule has 0 unspecified atom stereocenters. The smallest absolute Gasteiger partial charge is 0.335 e. The van der Waals surface area contributed by atoms with Gasteiger partial charge in [-0.1, -0.05) is 6.07 Å². The Kier molecular flexibility index (Phi) is 5.73. The number of ether oxygens (including phenoxy) is 2. The van der Waals surface area contributed by atoms with Crippen LogP contribution in [0.5, 0.6) is 11.5 Å². The third-order valence-corrected chi connectivity index (χ3v) is 7.32. The van der Waals surface area contributed by atoms with Crippen LogP contribution in [0.3, 0.4) is 0 Å². The lowest BCUT2D eigenvalue weighted by atomic mass is 9.70. The molecule has 5 rings (SSSR count). The zero-order valence-corrected chi connectivity index (χ0v) is 19.4. The number of piperidine rings is 1. The summed E-state index contributed by atoms with van der Waals surface area (Å²) < 4.78 is 12.9. The fourth-order valence-electron chi connectivity index (χ4n) is 5.65. The van der Waals surface area contributed by atoms with Gasteiger partial charge in [-0.2, -0.15) is 0 Å². The summed E-state index contributed by atoms with van der Waals surface area (Å²) in [5.74, 6) is 0.139. The number of nitrogens with zero attached hydrogens (tertiary/aromatic N) is 1. The number of carboxylic acid groups (broad SMARTS) is 1. The van der Waals surface area contributed by atoms with Crippen molar-refractivity contribution in [3.63, 3.8) is 0 Å². The summed E-state index contributed by atoms with van der Waals surface area (Å²) in [6.07, 6.45) is 1.81. The highest BCUT2D eigenvalue weighted by Gasteiger charge is 2.51. The number of carboxylic acids is 1. The summed E-state index contributed by atoms with van der Waals surface area (Å²) >= 11 is 0. The van der Waals surface area contributed by atoms with Gasteiger partial charge in [0.1, 0.15) is 17.1 Å². The molecule has 0 aliphatic carbocycles. The summed E-state index contributed by atoms with van der Waals surface area (Å²) in [6.45, 7) is 5.90. The number of carbonyl (C=O) groups excluding carboxylic acids is 1. The molecule has 0 radical (unpaired) electrons. The topological polar surface area (TPSA) is 108 Å². The Bertz CT molecular complexity index is 1120. The molecule has 34 heavy (non-hydrogen) atoms. The molecule has 0 spiro atoms. The first-order valence-corrected chi connectivity index (χ1v) is 11.7. The molecule has 3 aliphatic heterocycles. The normalized spacial score (nSPS) is 27.5. The Morgan fingerprint density at radius 2 is 2.03 bits per heavy atom. The number of hydrogen-bond donors (Lipinski definition) is 3. The quantitative estimate of drug-likeness (QED) is 0.631. The van der Waals surface area contributed by atoms with Crippen molar-refractivity contribution in [2.75, 3.05) is 25.0 Å². The van der Waals surface area contributed by atoms with Crippen LogP contribution in [0.1, 0.15) is 48.7 Å². The maximum Gasteiger partial charge on any atom is 0.335 e. The summed E-state index contributed by atoms with van der Waals surface area (Å²) in [4.78, 5) is 26.0. The Morgan fingerprint density at radius 1 is 1.21 bits per heavy atom. The third-order valence-electron chi connectivity index (χ3n) is 7.32. The lowest BCUT2D eigenvalue weighted by Crippen LogP contribution is -2.55. The van der Waals surface area contributed by atoms with Gasteiger partial charge in [0.15, 0.2) is 0 Å². The summed E-state index contributed by atoms with van der Waals surface area (Å²) in [5.41, 5.74) is 1.17. The number of aromatic carboxylic acids is 1. The van der Waals surface area contributed by atoms with E-state index in [1.807, 2.05) is 6.07 Å². The molecule has 0 saturated carbocycles. The van der Waals surface area contributed by atoms with Gasteiger partial charge in [-0.3, -0.25) is 9.69 Å². The molecule has 2 fully saturated rings. The number of aromatic hydroxyl groups is 1. The second-order valence-corrected chi connectivity index (χ2v) is 10.1. The van der Waals surface area contributed by atoms with Crippen molar-refractivity contribution < 1.29 is 29.3 Å². The molecule has 2 aromatic carbocycles. The fourth-order valence-corrected chi connectivity index (χ4v) is 5.65. The van der Waals surface area contributed by atoms with Crippen LogP contribution in [0.25, 0.3) is 0 Å². The number of anilines is 1. The number of fused-ring (bicyclic) bond motifs is 4. The number of carbonyl (C=O) groups is 2. The zero-order chi connectivity index (χ0) is 24.0. The van der Waals surface area contributed by atoms with Crippen LogP contribution in [0.4, 0.5) is 5.69 Å². The average Bonchev–Trinajstić information content (AvgIpc) is 2.77. The van der Waals surface area contributed by atoms with Gasteiger partial charge < -0.3 is 25.0 Å². The van der Waals surface area contributed by atoms with Gasteiger partial charge in [-0.15, -0.1) is 0 Å². The number of amides is 1. The lowest BCUT2D eigenvalue weighted by molar-refractivity contribution is -0.187. The highest BCUT2D eigenvalue weighted by atomic mass is 16.5. The van der Waals surface area contributed by atoms with Crippen LogP contribution in [-0.2, 0) is 9.53 Å². The van der Waals surface area contributed by atoms with E-state index in [9.17, 15) is 14.7 Å². The Balaban J connectivity index is 1.24. The second kappa shape index (κ2) is 8.60. The summed E-state index contributed by atoms with van der Waals surface area (Å²) in [7, 11) is 0. The number of benzene rings is 2. The van der Waals surface area contributed by atoms with Crippen LogP contribution in [0.2, 0.25) is 0 Å². The zero-order valence-electron chi connectivity index (χ0n) is 19.4. The van der Waals surface area contributed by atoms with Crippen molar-refractivity contribution in [1.82, 2.24) is 4.90 Å². The van der Waals surface area contributed by atoms with E-state index < -0.39 is 11.6 Å². The molecule has 0 aromatic heterocycles. The first kappa shape index (κ1) is 22.7. The van der Waals surface area contributed by atoms with Crippen LogP contribution >= 0.6 is 0 Å². The number of likely N-dealkylation sites (tertiary alicyclic amines) is 1. The van der Waals surface area contributed by atoms with Gasteiger partial charge in [0, 0.05) is 36.3 Å². The average molecular weight is 467 g/mol. The molecule has 4 atom stereocenters. The molecular formula is C26H30N2O6. The maximum atomic E-state index is 12.6. The Labute approximate surface area is 198 Å². The summed E-state index contributed by atoms with van der Waals surface area (Å²) in [6, 6.07) is 11.5. The predicted molar refractivity (Wildman–Crippen MR) is 125 cm³/mol. The SMILES string of the molecule is CC1(C)Oc2cc(O)ccc2[C@H]2O[C@H]3CCN(CC(=O)Nc4cccc(C(=O)O)c4)C[C@@H]3C[C@@H]21. The Morgan fingerprint density at radius 3 is 2.82 bits per heavy atom. The first-order valence-electron chi connectivity index (χ1n) is 11.7. The van der Waals surface area contributed by atoms with E-state index in [2.05, 4.69) is 24.1 Å². The molecule has 3 N–H and O–H groups in total. The van der Waals surface area contributed by atoms with E-state index in [0.29, 0.717) is 17.4 Å². The number of rotatable bonds is 4. The molecule has 3 heterocycles. The Hall–Kier alpha value is -3.10. The van der Waals surface area contributed by atoms with E-state index in [-0.39, 0.29) is 41.9 Å². The van der Waals surface area contributed by atoms with Crippen molar-refractivity contribution in [2.24, 2.45) is 11.8 Å². The number of phenols is 1. The third kappa shape index (κ3) is 4.35. The van der Waals surface area contributed by atoms with Crippen molar-refractivity contribution in [2.45, 2.75) is 44.5 Å². The van der Waals surface area contributed by atoms with Crippen LogP contribution in [0, 0.1) is 11.8 Å². The minimum atomic E-state index is -1.03. The monoisotopic (exact) mass is 466 g/mol. The highest BCUT2D eigenvalue weighted by molar-refractivity contribution is 5.94. The van der Waals surface area contributed by atoms with E-state index >= 15 is 0 Å². The van der Waals surface area contributed by atoms with E-state index in [1.165, 1.54) is 12.1 Å². The van der Waals surface area contributed by atoms with Gasteiger partial charge in [-0.05, 0) is 62.9 Å².